The van der Waals surface area contributed by atoms with Crippen LogP contribution in [-0.2, 0) is 13.1 Å². The average molecular weight is 293 g/mol. The van der Waals surface area contributed by atoms with Crippen molar-refractivity contribution in [2.24, 2.45) is 0 Å². The van der Waals surface area contributed by atoms with Crippen molar-refractivity contribution in [2.45, 2.75) is 33.9 Å². The fourth-order valence-electron chi connectivity index (χ4n) is 1.91. The minimum Gasteiger partial charge on any atom is -0.361 e. The van der Waals surface area contributed by atoms with Gasteiger partial charge in [-0.15, -0.1) is 11.3 Å². The van der Waals surface area contributed by atoms with Gasteiger partial charge in [0.25, 0.3) is 0 Å². The van der Waals surface area contributed by atoms with Gasteiger partial charge in [-0.3, -0.25) is 0 Å². The largest absolute Gasteiger partial charge is 0.361 e. The number of carbonyl (C=O) groups excluding carboxylic acids is 1. The van der Waals surface area contributed by atoms with Crippen molar-refractivity contribution >= 4 is 17.4 Å². The van der Waals surface area contributed by atoms with E-state index in [1.165, 1.54) is 10.4 Å². The first-order chi connectivity index (χ1) is 9.49. The standard InChI is InChI=1S/C14H19N3O2S/c1-9-5-6-20-13(9)7-15-14(18)17(4)8-12-10(2)16-19-11(12)3/h5-6H,7-8H2,1-4H3,(H,15,18). The molecule has 6 heteroatoms. The van der Waals surface area contributed by atoms with E-state index >= 15 is 0 Å². The summed E-state index contributed by atoms with van der Waals surface area (Å²) in [6.07, 6.45) is 0. The molecule has 2 aromatic heterocycles. The third-order valence-electron chi connectivity index (χ3n) is 3.29. The second-order valence-corrected chi connectivity index (χ2v) is 5.84. The highest BCUT2D eigenvalue weighted by Gasteiger charge is 2.15. The van der Waals surface area contributed by atoms with Crippen LogP contribution in [0.3, 0.4) is 0 Å². The highest BCUT2D eigenvalue weighted by atomic mass is 32.1. The maximum atomic E-state index is 12.1. The molecule has 0 bridgehead atoms. The zero-order chi connectivity index (χ0) is 14.7. The molecule has 0 unspecified atom stereocenters. The summed E-state index contributed by atoms with van der Waals surface area (Å²) < 4.78 is 5.10. The molecule has 2 aromatic rings. The van der Waals surface area contributed by atoms with Crippen molar-refractivity contribution < 1.29 is 9.32 Å². The summed E-state index contributed by atoms with van der Waals surface area (Å²) in [4.78, 5) is 14.9. The minimum absolute atomic E-state index is 0.0993. The number of nitrogens with zero attached hydrogens (tertiary/aromatic N) is 2. The highest BCUT2D eigenvalue weighted by molar-refractivity contribution is 7.10. The first-order valence-electron chi connectivity index (χ1n) is 6.42. The predicted molar refractivity (Wildman–Crippen MR) is 78.7 cm³/mol. The number of aromatic nitrogens is 1. The Morgan fingerprint density at radius 3 is 2.75 bits per heavy atom. The van der Waals surface area contributed by atoms with Crippen LogP contribution in [0.2, 0.25) is 0 Å². The molecule has 1 N–H and O–H groups in total. The molecule has 0 saturated heterocycles. The summed E-state index contributed by atoms with van der Waals surface area (Å²) in [6.45, 7) is 6.85. The van der Waals surface area contributed by atoms with Gasteiger partial charge in [0.15, 0.2) is 0 Å². The van der Waals surface area contributed by atoms with Gasteiger partial charge in [-0.25, -0.2) is 4.79 Å². The lowest BCUT2D eigenvalue weighted by molar-refractivity contribution is 0.206. The van der Waals surface area contributed by atoms with Crippen molar-refractivity contribution in [1.29, 1.82) is 0 Å². The second-order valence-electron chi connectivity index (χ2n) is 4.84. The molecular formula is C14H19N3O2S. The van der Waals surface area contributed by atoms with Crippen LogP contribution in [0.4, 0.5) is 4.79 Å². The van der Waals surface area contributed by atoms with E-state index in [1.54, 1.807) is 23.3 Å². The molecular weight excluding hydrogens is 274 g/mol. The zero-order valence-electron chi connectivity index (χ0n) is 12.2. The van der Waals surface area contributed by atoms with E-state index in [9.17, 15) is 4.79 Å². The molecule has 20 heavy (non-hydrogen) atoms. The molecule has 5 nitrogen and oxygen atoms in total. The molecule has 0 atom stereocenters. The molecule has 0 radical (unpaired) electrons. The number of thiophene rings is 1. The topological polar surface area (TPSA) is 58.4 Å². The summed E-state index contributed by atoms with van der Waals surface area (Å²) in [5.74, 6) is 0.760. The molecule has 108 valence electrons. The summed E-state index contributed by atoms with van der Waals surface area (Å²) >= 11 is 1.66. The highest BCUT2D eigenvalue weighted by Crippen LogP contribution is 2.16. The van der Waals surface area contributed by atoms with Gasteiger partial charge in [-0.05, 0) is 37.8 Å². The molecule has 0 saturated carbocycles. The summed E-state index contributed by atoms with van der Waals surface area (Å²) in [7, 11) is 1.77. The third kappa shape index (κ3) is 3.19. The summed E-state index contributed by atoms with van der Waals surface area (Å²) in [5, 5.41) is 8.85. The maximum Gasteiger partial charge on any atom is 0.317 e. The predicted octanol–water partition coefficient (Wildman–Crippen LogP) is 3.00. The van der Waals surface area contributed by atoms with E-state index in [1.807, 2.05) is 26.2 Å². The van der Waals surface area contributed by atoms with Crippen LogP contribution in [0.5, 0.6) is 0 Å². The second kappa shape index (κ2) is 6.09. The molecule has 2 heterocycles. The van der Waals surface area contributed by atoms with Gasteiger partial charge in [0, 0.05) is 17.5 Å². The fourth-order valence-corrected chi connectivity index (χ4v) is 2.76. The number of rotatable bonds is 4. The smallest absolute Gasteiger partial charge is 0.317 e. The number of hydrogen-bond acceptors (Lipinski definition) is 4. The Labute approximate surface area is 122 Å². The Morgan fingerprint density at radius 2 is 2.20 bits per heavy atom. The molecule has 2 rings (SSSR count). The number of carbonyl (C=O) groups is 1. The average Bonchev–Trinajstić information content (AvgIpc) is 2.96. The van der Waals surface area contributed by atoms with Gasteiger partial charge in [0.2, 0.25) is 0 Å². The van der Waals surface area contributed by atoms with Crippen LogP contribution in [0.25, 0.3) is 0 Å². The Morgan fingerprint density at radius 1 is 1.45 bits per heavy atom. The van der Waals surface area contributed by atoms with Crippen LogP contribution in [0, 0.1) is 20.8 Å². The summed E-state index contributed by atoms with van der Waals surface area (Å²) in [5.41, 5.74) is 3.01. The first-order valence-corrected chi connectivity index (χ1v) is 7.30. The summed E-state index contributed by atoms with van der Waals surface area (Å²) in [6, 6.07) is 1.96. The van der Waals surface area contributed by atoms with Crippen LogP contribution in [0.15, 0.2) is 16.0 Å². The molecule has 0 aliphatic rings. The normalized spacial score (nSPS) is 10.6. The Hall–Kier alpha value is -1.82. The van der Waals surface area contributed by atoms with E-state index in [0.29, 0.717) is 13.1 Å². The van der Waals surface area contributed by atoms with Gasteiger partial charge in [-0.1, -0.05) is 5.16 Å². The minimum atomic E-state index is -0.0993. The molecule has 0 fully saturated rings. The monoisotopic (exact) mass is 293 g/mol. The van der Waals surface area contributed by atoms with E-state index in [-0.39, 0.29) is 6.03 Å². The Balaban J connectivity index is 1.91. The van der Waals surface area contributed by atoms with Crippen LogP contribution in [0.1, 0.15) is 27.5 Å². The van der Waals surface area contributed by atoms with Crippen LogP contribution in [-0.4, -0.2) is 23.1 Å². The van der Waals surface area contributed by atoms with Gasteiger partial charge >= 0.3 is 6.03 Å². The Kier molecular flexibility index (Phi) is 4.44. The van der Waals surface area contributed by atoms with E-state index in [2.05, 4.69) is 16.5 Å². The molecule has 0 aromatic carbocycles. The Bertz CT molecular complexity index is 584. The third-order valence-corrected chi connectivity index (χ3v) is 4.31. The lowest BCUT2D eigenvalue weighted by Crippen LogP contribution is -2.36. The molecule has 0 aliphatic carbocycles. The number of amides is 2. The van der Waals surface area contributed by atoms with Gasteiger partial charge in [0.05, 0.1) is 18.8 Å². The maximum absolute atomic E-state index is 12.1. The van der Waals surface area contributed by atoms with Gasteiger partial charge in [-0.2, -0.15) is 0 Å². The SMILES string of the molecule is Cc1ccsc1CNC(=O)N(C)Cc1c(C)noc1C. The number of nitrogens with one attached hydrogen (secondary N) is 1. The lowest BCUT2D eigenvalue weighted by atomic mass is 10.2. The van der Waals surface area contributed by atoms with Crippen molar-refractivity contribution in [2.75, 3.05) is 7.05 Å². The van der Waals surface area contributed by atoms with Gasteiger partial charge in [0.1, 0.15) is 5.76 Å². The van der Waals surface area contributed by atoms with E-state index < -0.39 is 0 Å². The molecule has 0 aliphatic heterocycles. The van der Waals surface area contributed by atoms with Crippen molar-refractivity contribution in [3.05, 3.63) is 38.9 Å². The number of hydrogen-bond donors (Lipinski definition) is 1. The molecule has 0 spiro atoms. The van der Waals surface area contributed by atoms with Crippen LogP contribution >= 0.6 is 11.3 Å². The van der Waals surface area contributed by atoms with Crippen molar-refractivity contribution in [1.82, 2.24) is 15.4 Å². The lowest BCUT2D eigenvalue weighted by Gasteiger charge is -2.17. The van der Waals surface area contributed by atoms with Crippen molar-refractivity contribution in [3.63, 3.8) is 0 Å². The number of aryl methyl sites for hydroxylation is 3. The first kappa shape index (κ1) is 14.6. The van der Waals surface area contributed by atoms with Crippen molar-refractivity contribution in [3.8, 4) is 0 Å². The van der Waals surface area contributed by atoms with Gasteiger partial charge < -0.3 is 14.7 Å². The van der Waals surface area contributed by atoms with Crippen LogP contribution < -0.4 is 5.32 Å². The number of urea groups is 1. The fraction of sp³-hybridized carbons (Fsp3) is 0.429. The van der Waals surface area contributed by atoms with E-state index in [0.717, 1.165) is 17.0 Å². The zero-order valence-corrected chi connectivity index (χ0v) is 13.0. The van der Waals surface area contributed by atoms with E-state index in [4.69, 9.17) is 4.52 Å². The molecule has 2 amide bonds. The quantitative estimate of drug-likeness (QED) is 0.942.